The Morgan fingerprint density at radius 1 is 1.11 bits per heavy atom. The van der Waals surface area contributed by atoms with Crippen LogP contribution < -0.4 is 0 Å². The monoisotopic (exact) mass is 651 g/mol. The molecule has 7 nitrogen and oxygen atoms in total. The first kappa shape index (κ1) is 36.2. The zero-order valence-electron chi connectivity index (χ0n) is 26.2. The first-order valence-corrected chi connectivity index (χ1v) is 18.0. The molecule has 0 radical (unpaired) electrons. The number of likely N-dealkylation sites (tertiary alicyclic amines) is 1. The summed E-state index contributed by atoms with van der Waals surface area (Å²) in [6, 6.07) is 15.4. The van der Waals surface area contributed by atoms with Gasteiger partial charge in [0.05, 0.1) is 5.92 Å². The molecular weight excluding hydrogens is 606 g/mol. The second-order valence-electron chi connectivity index (χ2n) is 12.5. The van der Waals surface area contributed by atoms with Gasteiger partial charge in [-0.15, -0.1) is 4.67 Å². The summed E-state index contributed by atoms with van der Waals surface area (Å²) in [5, 5.41) is 8.86. The molecule has 3 unspecified atom stereocenters. The van der Waals surface area contributed by atoms with E-state index in [1.54, 1.807) is 6.92 Å². The number of allylic oxidation sites excluding steroid dienone is 2. The van der Waals surface area contributed by atoms with Crippen molar-refractivity contribution in [2.45, 2.75) is 84.3 Å². The molecule has 1 fully saturated rings. The lowest BCUT2D eigenvalue weighted by atomic mass is 9.76. The van der Waals surface area contributed by atoms with Gasteiger partial charge in [0.15, 0.2) is 5.78 Å². The van der Waals surface area contributed by atoms with E-state index >= 15 is 0 Å². The van der Waals surface area contributed by atoms with Crippen LogP contribution in [0.25, 0.3) is 5.57 Å². The molecule has 4 atom stereocenters. The first-order valence-electron chi connectivity index (χ1n) is 15.1. The number of amides is 1. The zero-order valence-corrected chi connectivity index (χ0v) is 28.1. The molecule has 44 heavy (non-hydrogen) atoms. The maximum Gasteiger partial charge on any atom is 0.433 e. The normalized spacial score (nSPS) is 18.5. The van der Waals surface area contributed by atoms with Crippen molar-refractivity contribution < 1.29 is 37.2 Å². The summed E-state index contributed by atoms with van der Waals surface area (Å²) in [6.07, 6.45) is 7.47. The van der Waals surface area contributed by atoms with Gasteiger partial charge >= 0.3 is 13.3 Å². The average molecular weight is 652 g/mol. The van der Waals surface area contributed by atoms with Crippen molar-refractivity contribution in [3.8, 4) is 0 Å². The quantitative estimate of drug-likeness (QED) is 0.0679. The first-order chi connectivity index (χ1) is 20.7. The lowest BCUT2D eigenvalue weighted by Crippen LogP contribution is -2.44. The van der Waals surface area contributed by atoms with E-state index in [4.69, 9.17) is 5.26 Å². The average Bonchev–Trinajstić information content (AvgIpc) is 3.46. The lowest BCUT2D eigenvalue weighted by Gasteiger charge is -2.35. The molecule has 1 aliphatic heterocycles. The van der Waals surface area contributed by atoms with Crippen molar-refractivity contribution in [2.24, 2.45) is 11.3 Å². The van der Waals surface area contributed by atoms with E-state index in [0.717, 1.165) is 50.7 Å². The van der Waals surface area contributed by atoms with Crippen LogP contribution in [-0.2, 0) is 35.2 Å². The van der Waals surface area contributed by atoms with Crippen LogP contribution >= 0.6 is 16.4 Å². The van der Waals surface area contributed by atoms with E-state index in [-0.39, 0.29) is 24.2 Å². The molecule has 0 aromatic heterocycles. The fourth-order valence-corrected chi connectivity index (χ4v) is 7.79. The number of rotatable bonds is 15. The molecule has 1 N–H and O–H groups in total. The van der Waals surface area contributed by atoms with Crippen molar-refractivity contribution in [3.05, 3.63) is 77.4 Å². The smallest absolute Gasteiger partial charge is 0.339 e. The molecule has 1 amide bonds. The fourth-order valence-electron chi connectivity index (χ4n) is 5.67. The van der Waals surface area contributed by atoms with Gasteiger partial charge in [0.25, 0.3) is 0 Å². The summed E-state index contributed by atoms with van der Waals surface area (Å²) in [4.78, 5) is 29.1. The van der Waals surface area contributed by atoms with Crippen molar-refractivity contribution in [3.63, 3.8) is 0 Å². The Bertz CT molecular complexity index is 1330. The van der Waals surface area contributed by atoms with Crippen molar-refractivity contribution in [2.75, 3.05) is 13.2 Å². The fraction of sp³-hybridized carbons (Fsp3) is 0.515. The van der Waals surface area contributed by atoms with Crippen molar-refractivity contribution >= 4 is 33.7 Å². The van der Waals surface area contributed by atoms with Gasteiger partial charge in [0.1, 0.15) is 0 Å². The minimum atomic E-state index is -5.13. The zero-order chi connectivity index (χ0) is 32.5. The predicted octanol–water partition coefficient (Wildman–Crippen LogP) is 9.09. The van der Waals surface area contributed by atoms with Crippen LogP contribution in [0, 0.1) is 11.3 Å². The number of carbonyl (C=O) groups is 2. The molecule has 1 aliphatic rings. The van der Waals surface area contributed by atoms with Crippen LogP contribution in [0.3, 0.4) is 0 Å². The number of unbranched alkanes of at least 4 members (excludes halogenated alkanes) is 1. The molecule has 11 heteroatoms. The van der Waals surface area contributed by atoms with Crippen LogP contribution in [-0.4, -0.2) is 41.1 Å². The molecule has 0 spiro atoms. The Balaban J connectivity index is 1.66. The van der Waals surface area contributed by atoms with Gasteiger partial charge < -0.3 is 4.90 Å². The number of nitrogens with zero attached hydrogens (tertiary/aromatic N) is 1. The molecule has 2 aromatic carbocycles. The van der Waals surface area contributed by atoms with E-state index in [1.165, 1.54) is 30.4 Å². The van der Waals surface area contributed by atoms with Crippen LogP contribution in [0.4, 0.5) is 8.78 Å². The number of benzene rings is 2. The lowest BCUT2D eigenvalue weighted by molar-refractivity contribution is -0.159. The summed E-state index contributed by atoms with van der Waals surface area (Å²) < 4.78 is 50.1. The van der Waals surface area contributed by atoms with E-state index in [2.05, 4.69) is 21.1 Å². The van der Waals surface area contributed by atoms with Gasteiger partial charge in [0, 0.05) is 33.4 Å². The van der Waals surface area contributed by atoms with Crippen molar-refractivity contribution in [1.29, 1.82) is 0 Å². The Labute approximate surface area is 261 Å². The summed E-state index contributed by atoms with van der Waals surface area (Å²) in [5.41, 5.74) is -2.81. The van der Waals surface area contributed by atoms with E-state index in [9.17, 15) is 22.9 Å². The number of carbonyl (C=O) groups excluding carboxylic acids is 2. The highest BCUT2D eigenvalue weighted by Gasteiger charge is 2.55. The number of hydrogen-bond acceptors (Lipinski definition) is 6. The highest BCUT2D eigenvalue weighted by molar-refractivity contribution is 7.60. The van der Waals surface area contributed by atoms with Gasteiger partial charge in [-0.25, -0.2) is 5.26 Å². The minimum absolute atomic E-state index is 0.0134. The molecule has 2 aromatic rings. The predicted molar refractivity (Wildman–Crippen MR) is 172 cm³/mol. The van der Waals surface area contributed by atoms with Crippen LogP contribution in [0.5, 0.6) is 0 Å². The highest BCUT2D eigenvalue weighted by atomic mass is 31.2. The van der Waals surface area contributed by atoms with Crippen LogP contribution in [0.15, 0.2) is 60.7 Å². The van der Waals surface area contributed by atoms with Gasteiger partial charge in [-0.1, -0.05) is 81.8 Å². The third kappa shape index (κ3) is 9.14. The number of hydrogen-bond donors (Lipinski definition) is 1. The molecule has 3 rings (SSSR count). The van der Waals surface area contributed by atoms with Crippen molar-refractivity contribution in [1.82, 2.24) is 4.90 Å². The number of ketones is 1. The summed E-state index contributed by atoms with van der Waals surface area (Å²) in [5.74, 6) is -0.712. The Morgan fingerprint density at radius 2 is 1.77 bits per heavy atom. The molecule has 1 saturated heterocycles. The van der Waals surface area contributed by atoms with Crippen LogP contribution in [0.2, 0.25) is 0 Å². The molecule has 0 aliphatic carbocycles. The van der Waals surface area contributed by atoms with E-state index in [1.807, 2.05) is 43.9 Å². The third-order valence-electron chi connectivity index (χ3n) is 8.23. The summed E-state index contributed by atoms with van der Waals surface area (Å²) in [7, 11) is -5.72. The Morgan fingerprint density at radius 3 is 2.36 bits per heavy atom. The van der Waals surface area contributed by atoms with Gasteiger partial charge in [-0.05, 0) is 73.9 Å². The molecule has 0 bridgehead atoms. The molecule has 1 heterocycles. The second-order valence-corrected chi connectivity index (χ2v) is 15.3. The largest absolute Gasteiger partial charge is 0.433 e. The Kier molecular flexibility index (Phi) is 13.0. The van der Waals surface area contributed by atoms with Crippen LogP contribution in [0.1, 0.15) is 82.9 Å². The topological polar surface area (TPSA) is 93.1 Å². The standard InChI is InChI=1S/C33H45F2NO6P2/c1-24(26-17-19-27(20-18-26)33(34,35)44(40,41-39)42-43-5)22-29(37)23-30(32(2,3)4)31(38)36-21-11-16-28(36)15-10-9-14-25-12-7-6-8-13-25/h6-8,12-13,17-20,22,28,30,39,43H,9-11,14-16,21,23H2,1-5H3/b24-22+/t28?,30-,44?/m1/s1. The summed E-state index contributed by atoms with van der Waals surface area (Å²) >= 11 is 0. The maximum atomic E-state index is 14.8. The van der Waals surface area contributed by atoms with Gasteiger partial charge in [-0.2, -0.15) is 8.78 Å². The molecule has 0 saturated carbocycles. The van der Waals surface area contributed by atoms with E-state index < -0.39 is 39.0 Å². The molecule has 242 valence electrons. The second kappa shape index (κ2) is 15.8. The van der Waals surface area contributed by atoms with Gasteiger partial charge in [-0.3, -0.25) is 18.5 Å². The maximum absolute atomic E-state index is 14.8. The third-order valence-corrected chi connectivity index (χ3v) is 11.1. The Hall–Kier alpha value is -2.28. The van der Waals surface area contributed by atoms with Gasteiger partial charge in [0.2, 0.25) is 5.91 Å². The number of alkyl halides is 2. The number of halogens is 2. The minimum Gasteiger partial charge on any atom is -0.339 e. The SMILES string of the molecule is CPOP(=O)(OO)C(F)(F)c1ccc(/C(C)=C/C(=O)C[C@H](C(=O)N2CCCC2CCCCc2ccccc2)C(C)(C)C)cc1. The molecular formula is C33H45F2NO6P2. The number of aryl methyl sites for hydroxylation is 1. The highest BCUT2D eigenvalue weighted by Crippen LogP contribution is 2.68. The van der Waals surface area contributed by atoms with E-state index in [0.29, 0.717) is 17.7 Å². The summed E-state index contributed by atoms with van der Waals surface area (Å²) in [6.45, 7) is 9.69.